The van der Waals surface area contributed by atoms with Gasteiger partial charge < -0.3 is 27.9 Å². The zero-order chi connectivity index (χ0) is 33.5. The average Bonchev–Trinajstić information content (AvgIpc) is 2.98. The predicted molar refractivity (Wildman–Crippen MR) is 185 cm³/mol. The highest BCUT2D eigenvalue weighted by molar-refractivity contribution is 7.45. The second-order valence-corrected chi connectivity index (χ2v) is 14.6. The van der Waals surface area contributed by atoms with E-state index in [1.54, 1.807) is 0 Å². The molecule has 0 bridgehead atoms. The molecule has 0 saturated carbocycles. The van der Waals surface area contributed by atoms with Gasteiger partial charge in [-0.05, 0) is 44.9 Å². The number of carbonyl (C=O) groups excluding carboxylic acids is 1. The van der Waals surface area contributed by atoms with Crippen LogP contribution in [0.1, 0.15) is 142 Å². The molecule has 0 spiro atoms. The van der Waals surface area contributed by atoms with E-state index in [0.29, 0.717) is 24.1 Å². The van der Waals surface area contributed by atoms with Crippen molar-refractivity contribution >= 4 is 13.8 Å². The van der Waals surface area contributed by atoms with E-state index in [2.05, 4.69) is 38.2 Å². The van der Waals surface area contributed by atoms with Crippen molar-refractivity contribution in [3.8, 4) is 0 Å². The first-order valence-electron chi connectivity index (χ1n) is 18.1. The maximum atomic E-state index is 12.4. The van der Waals surface area contributed by atoms with E-state index < -0.39 is 13.9 Å². The highest BCUT2D eigenvalue weighted by atomic mass is 31.2. The Morgan fingerprint density at radius 3 is 1.84 bits per heavy atom. The van der Waals surface area contributed by atoms with Crippen molar-refractivity contribution in [3.63, 3.8) is 0 Å². The zero-order valence-corrected chi connectivity index (χ0v) is 30.7. The highest BCUT2D eigenvalue weighted by Gasteiger charge is 2.20. The third kappa shape index (κ3) is 34.1. The SMILES string of the molecule is CCCCC/C=C\C/C=C\CCCCCCCCCCOCC(COP(=O)([O-])OCC[N+](C)(C)C)OC(=O)CCCCCCC. The smallest absolute Gasteiger partial charge is 0.306 e. The Balaban J connectivity index is 4.12. The van der Waals surface area contributed by atoms with Crippen molar-refractivity contribution < 1.29 is 37.3 Å². The minimum Gasteiger partial charge on any atom is -0.756 e. The lowest BCUT2D eigenvalue weighted by atomic mass is 10.1. The highest BCUT2D eigenvalue weighted by Crippen LogP contribution is 2.38. The number of hydrogen-bond acceptors (Lipinski definition) is 7. The number of nitrogens with zero attached hydrogens (tertiary/aromatic N) is 1. The molecule has 0 aromatic heterocycles. The molecule has 9 heteroatoms. The minimum atomic E-state index is -4.50. The minimum absolute atomic E-state index is 0.0255. The molecule has 2 unspecified atom stereocenters. The van der Waals surface area contributed by atoms with Gasteiger partial charge in [-0.15, -0.1) is 0 Å². The van der Waals surface area contributed by atoms with E-state index in [1.807, 2.05) is 21.1 Å². The number of unbranched alkanes of at least 4 members (excludes halogenated alkanes) is 15. The van der Waals surface area contributed by atoms with Gasteiger partial charge in [-0.2, -0.15) is 0 Å². The molecular formula is C36H70NO7P. The fourth-order valence-electron chi connectivity index (χ4n) is 4.63. The first-order valence-corrected chi connectivity index (χ1v) is 19.5. The van der Waals surface area contributed by atoms with Crippen molar-refractivity contribution in [3.05, 3.63) is 24.3 Å². The summed E-state index contributed by atoms with van der Waals surface area (Å²) in [5.74, 6) is -0.350. The van der Waals surface area contributed by atoms with Crippen LogP contribution in [0.2, 0.25) is 0 Å². The molecule has 0 heterocycles. The number of esters is 1. The van der Waals surface area contributed by atoms with Gasteiger partial charge in [0.1, 0.15) is 19.3 Å². The van der Waals surface area contributed by atoms with E-state index in [1.165, 1.54) is 70.6 Å². The van der Waals surface area contributed by atoms with Crippen LogP contribution >= 0.6 is 7.82 Å². The van der Waals surface area contributed by atoms with Crippen LogP contribution in [0, 0.1) is 0 Å². The van der Waals surface area contributed by atoms with Crippen molar-refractivity contribution in [2.75, 3.05) is 54.1 Å². The van der Waals surface area contributed by atoms with Gasteiger partial charge in [-0.3, -0.25) is 9.36 Å². The molecule has 0 rings (SSSR count). The molecule has 0 aliphatic heterocycles. The normalized spacial score (nSPS) is 14.4. The predicted octanol–water partition coefficient (Wildman–Crippen LogP) is 9.08. The second kappa shape index (κ2) is 30.3. The van der Waals surface area contributed by atoms with Gasteiger partial charge in [0.05, 0.1) is 34.4 Å². The Bertz CT molecular complexity index is 782. The Morgan fingerprint density at radius 1 is 0.689 bits per heavy atom. The van der Waals surface area contributed by atoms with Gasteiger partial charge >= 0.3 is 5.97 Å². The van der Waals surface area contributed by atoms with Gasteiger partial charge in [-0.1, -0.05) is 115 Å². The van der Waals surface area contributed by atoms with Crippen molar-refractivity contribution in [1.82, 2.24) is 0 Å². The van der Waals surface area contributed by atoms with Crippen LogP contribution in [-0.4, -0.2) is 70.7 Å². The van der Waals surface area contributed by atoms with Crippen LogP contribution in [-0.2, 0) is 27.9 Å². The van der Waals surface area contributed by atoms with E-state index in [4.69, 9.17) is 18.5 Å². The number of phosphoric ester groups is 1. The molecule has 0 saturated heterocycles. The number of ether oxygens (including phenoxy) is 2. The quantitative estimate of drug-likeness (QED) is 0.0228. The van der Waals surface area contributed by atoms with E-state index in [9.17, 15) is 14.3 Å². The molecular weight excluding hydrogens is 589 g/mol. The lowest BCUT2D eigenvalue weighted by molar-refractivity contribution is -0.870. The number of quaternary nitrogens is 1. The number of allylic oxidation sites excluding steroid dienone is 4. The molecule has 0 aromatic carbocycles. The molecule has 0 radical (unpaired) electrons. The van der Waals surface area contributed by atoms with E-state index >= 15 is 0 Å². The summed E-state index contributed by atoms with van der Waals surface area (Å²) in [6.07, 6.45) is 30.8. The molecule has 0 aromatic rings. The van der Waals surface area contributed by atoms with Crippen molar-refractivity contribution in [2.45, 2.75) is 148 Å². The van der Waals surface area contributed by atoms with Crippen LogP contribution in [0.25, 0.3) is 0 Å². The molecule has 0 aliphatic carbocycles. The van der Waals surface area contributed by atoms with Gasteiger partial charge in [0.2, 0.25) is 0 Å². The largest absolute Gasteiger partial charge is 0.756 e. The number of phosphoric acid groups is 1. The Morgan fingerprint density at radius 2 is 1.22 bits per heavy atom. The van der Waals surface area contributed by atoms with Gasteiger partial charge in [0, 0.05) is 13.0 Å². The van der Waals surface area contributed by atoms with Crippen LogP contribution in [0.5, 0.6) is 0 Å². The summed E-state index contributed by atoms with van der Waals surface area (Å²) < 4.78 is 34.2. The molecule has 2 atom stereocenters. The summed E-state index contributed by atoms with van der Waals surface area (Å²) in [5.41, 5.74) is 0. The topological polar surface area (TPSA) is 94.1 Å². The monoisotopic (exact) mass is 659 g/mol. The number of hydrogen-bond donors (Lipinski definition) is 0. The van der Waals surface area contributed by atoms with Crippen LogP contribution in [0.15, 0.2) is 24.3 Å². The summed E-state index contributed by atoms with van der Waals surface area (Å²) in [6, 6.07) is 0. The number of carbonyl (C=O) groups is 1. The number of likely N-dealkylation sites (N-methyl/N-ethyl adjacent to an activating group) is 1. The maximum Gasteiger partial charge on any atom is 0.306 e. The Labute approximate surface area is 277 Å². The van der Waals surface area contributed by atoms with Crippen LogP contribution < -0.4 is 4.89 Å². The van der Waals surface area contributed by atoms with E-state index in [-0.39, 0.29) is 25.8 Å². The fourth-order valence-corrected chi connectivity index (χ4v) is 5.36. The molecule has 0 fully saturated rings. The summed E-state index contributed by atoms with van der Waals surface area (Å²) in [7, 11) is 1.35. The van der Waals surface area contributed by atoms with Gasteiger partial charge in [0.25, 0.3) is 7.82 Å². The summed E-state index contributed by atoms with van der Waals surface area (Å²) in [5, 5.41) is 0. The lowest BCUT2D eigenvalue weighted by Crippen LogP contribution is -2.37. The maximum absolute atomic E-state index is 12.4. The summed E-state index contributed by atoms with van der Waals surface area (Å²) in [4.78, 5) is 24.6. The van der Waals surface area contributed by atoms with Crippen LogP contribution in [0.4, 0.5) is 0 Å². The van der Waals surface area contributed by atoms with E-state index in [0.717, 1.165) is 51.4 Å². The summed E-state index contributed by atoms with van der Waals surface area (Å²) in [6.45, 7) is 5.27. The second-order valence-electron chi connectivity index (χ2n) is 13.2. The molecule has 266 valence electrons. The number of rotatable bonds is 33. The Hall–Kier alpha value is -1.02. The lowest BCUT2D eigenvalue weighted by Gasteiger charge is -2.28. The molecule has 0 N–H and O–H groups in total. The first kappa shape index (κ1) is 44.0. The van der Waals surface area contributed by atoms with Crippen LogP contribution in [0.3, 0.4) is 0 Å². The zero-order valence-electron chi connectivity index (χ0n) is 29.8. The molecule has 45 heavy (non-hydrogen) atoms. The molecule has 0 amide bonds. The van der Waals surface area contributed by atoms with Gasteiger partial charge in [-0.25, -0.2) is 0 Å². The third-order valence-electron chi connectivity index (χ3n) is 7.51. The molecule has 0 aliphatic rings. The van der Waals surface area contributed by atoms with Gasteiger partial charge in [0.15, 0.2) is 0 Å². The molecule has 8 nitrogen and oxygen atoms in total. The average molecular weight is 660 g/mol. The Kier molecular flexibility index (Phi) is 29.6. The van der Waals surface area contributed by atoms with Crippen molar-refractivity contribution in [2.24, 2.45) is 0 Å². The summed E-state index contributed by atoms with van der Waals surface area (Å²) >= 11 is 0. The van der Waals surface area contributed by atoms with Crippen molar-refractivity contribution in [1.29, 1.82) is 0 Å². The third-order valence-corrected chi connectivity index (χ3v) is 8.47. The standard InChI is InChI=1S/C36H70NO7P/c1-6-8-10-12-13-14-15-16-17-18-19-20-21-22-23-24-26-28-31-41-33-35(44-36(38)29-27-25-11-9-7-2)34-43-45(39,40)42-32-30-37(3,4)5/h13-14,16-17,35H,6-12,15,18-34H2,1-5H3/b14-13-,17-16-. The first-order chi connectivity index (χ1) is 21.6. The fraction of sp³-hybridized carbons (Fsp3) is 0.861.